The van der Waals surface area contributed by atoms with Crippen LogP contribution in [0.3, 0.4) is 0 Å². The third kappa shape index (κ3) is 5.54. The first-order valence-corrected chi connectivity index (χ1v) is 12.1. The number of aromatic nitrogens is 1. The highest BCUT2D eigenvalue weighted by molar-refractivity contribution is 14.0. The van der Waals surface area contributed by atoms with Crippen molar-refractivity contribution in [1.29, 1.82) is 0 Å². The van der Waals surface area contributed by atoms with E-state index in [-0.39, 0.29) is 41.8 Å². The highest BCUT2D eigenvalue weighted by Crippen LogP contribution is 2.23. The van der Waals surface area contributed by atoms with Crippen LogP contribution in [0.5, 0.6) is 0 Å². The van der Waals surface area contributed by atoms with E-state index >= 15 is 0 Å². The molecule has 2 fully saturated rings. The van der Waals surface area contributed by atoms with Gasteiger partial charge in [0.05, 0.1) is 35.4 Å². The number of thiazole rings is 1. The summed E-state index contributed by atoms with van der Waals surface area (Å²) < 4.78 is 29.1. The summed E-state index contributed by atoms with van der Waals surface area (Å²) in [5.74, 6) is 1.60. The maximum atomic E-state index is 11.7. The first-order valence-electron chi connectivity index (χ1n) is 9.35. The Bertz CT molecular complexity index is 762. The molecule has 0 amide bonds. The quantitative estimate of drug-likeness (QED) is 0.365. The lowest BCUT2D eigenvalue weighted by molar-refractivity contribution is 0.113. The number of fused-ring (bicyclic) bond motifs is 1. The summed E-state index contributed by atoms with van der Waals surface area (Å²) in [6.45, 7) is 3.87. The Morgan fingerprint density at radius 1 is 1.44 bits per heavy atom. The number of aliphatic imine (C=N–C) groups is 1. The minimum absolute atomic E-state index is 0. The molecule has 1 aromatic heterocycles. The maximum absolute atomic E-state index is 11.7. The average Bonchev–Trinajstić information content (AvgIpc) is 3.35. The Kier molecular flexibility index (Phi) is 7.37. The minimum Gasteiger partial charge on any atom is -0.376 e. The van der Waals surface area contributed by atoms with Gasteiger partial charge in [0.15, 0.2) is 15.8 Å². The van der Waals surface area contributed by atoms with E-state index in [0.717, 1.165) is 57.9 Å². The third-order valence-electron chi connectivity index (χ3n) is 5.32. The summed E-state index contributed by atoms with van der Waals surface area (Å²) in [6, 6.07) is 0. The smallest absolute Gasteiger partial charge is 0.194 e. The predicted octanol–water partition coefficient (Wildman–Crippen LogP) is 1.68. The number of hydrogen-bond acceptors (Lipinski definition) is 6. The van der Waals surface area contributed by atoms with Crippen LogP contribution in [0.2, 0.25) is 0 Å². The standard InChI is InChI=1S/C17H26N4O3S2.HI/c22-26(23)7-4-13(11-26)8-18-17(19-9-14-2-1-6-24-14)21-5-3-15-16(10-21)25-12-20-15;/h12-14H,1-11H2,(H,18,19);1H. The van der Waals surface area contributed by atoms with Gasteiger partial charge in [-0.3, -0.25) is 4.99 Å². The molecule has 0 aliphatic carbocycles. The number of nitrogens with zero attached hydrogens (tertiary/aromatic N) is 3. The van der Waals surface area contributed by atoms with Crippen LogP contribution >= 0.6 is 35.3 Å². The molecule has 7 nitrogen and oxygen atoms in total. The number of nitrogens with one attached hydrogen (secondary N) is 1. The van der Waals surface area contributed by atoms with Gasteiger partial charge in [0.25, 0.3) is 0 Å². The van der Waals surface area contributed by atoms with Gasteiger partial charge in [0.1, 0.15) is 0 Å². The Hall–Kier alpha value is -0.460. The van der Waals surface area contributed by atoms with Crippen molar-refractivity contribution in [1.82, 2.24) is 15.2 Å². The molecule has 4 heterocycles. The molecule has 0 radical (unpaired) electrons. The minimum atomic E-state index is -2.86. The molecular weight excluding hydrogens is 499 g/mol. The molecule has 3 aliphatic heterocycles. The van der Waals surface area contributed by atoms with Gasteiger partial charge >= 0.3 is 0 Å². The number of guanidine groups is 1. The SMILES string of the molecule is I.O=S1(=O)CCC(CN=C(NCC2CCCO2)N2CCc3ncsc3C2)C1. The molecule has 152 valence electrons. The van der Waals surface area contributed by atoms with Crippen molar-refractivity contribution in [3.8, 4) is 0 Å². The van der Waals surface area contributed by atoms with Gasteiger partial charge in [-0.05, 0) is 25.2 Å². The lowest BCUT2D eigenvalue weighted by Gasteiger charge is -2.30. The number of sulfone groups is 1. The van der Waals surface area contributed by atoms with E-state index in [1.807, 2.05) is 5.51 Å². The Morgan fingerprint density at radius 2 is 2.33 bits per heavy atom. The largest absolute Gasteiger partial charge is 0.376 e. The van der Waals surface area contributed by atoms with Crippen LogP contribution in [0.4, 0.5) is 0 Å². The second-order valence-corrected chi connectivity index (χ2v) is 10.5. The van der Waals surface area contributed by atoms with E-state index in [2.05, 4.69) is 15.2 Å². The zero-order valence-electron chi connectivity index (χ0n) is 15.3. The van der Waals surface area contributed by atoms with E-state index in [0.29, 0.717) is 12.3 Å². The van der Waals surface area contributed by atoms with Gasteiger partial charge in [-0.1, -0.05) is 0 Å². The van der Waals surface area contributed by atoms with Gasteiger partial charge in [0, 0.05) is 37.5 Å². The Morgan fingerprint density at radius 3 is 3.07 bits per heavy atom. The van der Waals surface area contributed by atoms with Crippen LogP contribution in [0.25, 0.3) is 0 Å². The molecule has 1 aromatic rings. The fourth-order valence-electron chi connectivity index (χ4n) is 3.81. The van der Waals surface area contributed by atoms with E-state index in [1.54, 1.807) is 11.3 Å². The Balaban J connectivity index is 0.00000210. The average molecular weight is 526 g/mol. The van der Waals surface area contributed by atoms with E-state index in [4.69, 9.17) is 9.73 Å². The topological polar surface area (TPSA) is 83.9 Å². The molecule has 2 saturated heterocycles. The van der Waals surface area contributed by atoms with Crippen LogP contribution in [-0.4, -0.2) is 68.1 Å². The summed E-state index contributed by atoms with van der Waals surface area (Å²) >= 11 is 1.69. The molecule has 0 spiro atoms. The fourth-order valence-corrected chi connectivity index (χ4v) is 6.49. The van der Waals surface area contributed by atoms with Crippen molar-refractivity contribution in [2.24, 2.45) is 10.9 Å². The fraction of sp³-hybridized carbons (Fsp3) is 0.765. The van der Waals surface area contributed by atoms with Crippen LogP contribution < -0.4 is 5.32 Å². The molecular formula is C17H27IN4O3S2. The van der Waals surface area contributed by atoms with Crippen LogP contribution in [0, 0.1) is 5.92 Å². The van der Waals surface area contributed by atoms with Crippen molar-refractivity contribution < 1.29 is 13.2 Å². The highest BCUT2D eigenvalue weighted by atomic mass is 127. The van der Waals surface area contributed by atoms with Crippen LogP contribution in [0.1, 0.15) is 29.8 Å². The molecule has 1 N–H and O–H groups in total. The zero-order chi connectivity index (χ0) is 18.0. The number of rotatable bonds is 4. The number of hydrogen-bond donors (Lipinski definition) is 1. The summed E-state index contributed by atoms with van der Waals surface area (Å²) in [7, 11) is -2.86. The van der Waals surface area contributed by atoms with Crippen molar-refractivity contribution in [2.75, 3.05) is 37.7 Å². The van der Waals surface area contributed by atoms with Gasteiger partial charge < -0.3 is 15.0 Å². The predicted molar refractivity (Wildman–Crippen MR) is 118 cm³/mol. The van der Waals surface area contributed by atoms with Crippen molar-refractivity contribution in [3.05, 3.63) is 16.1 Å². The van der Waals surface area contributed by atoms with Crippen LogP contribution in [0.15, 0.2) is 10.5 Å². The van der Waals surface area contributed by atoms with Crippen molar-refractivity contribution in [3.63, 3.8) is 0 Å². The number of halogens is 1. The molecule has 0 aromatic carbocycles. The lowest BCUT2D eigenvalue weighted by Crippen LogP contribution is -2.46. The summed E-state index contributed by atoms with van der Waals surface area (Å²) in [4.78, 5) is 12.8. The summed E-state index contributed by atoms with van der Waals surface area (Å²) in [5.41, 5.74) is 3.11. The second-order valence-electron chi connectivity index (χ2n) is 7.34. The molecule has 0 bridgehead atoms. The Labute approximate surface area is 181 Å². The van der Waals surface area contributed by atoms with E-state index in [9.17, 15) is 8.42 Å². The monoisotopic (exact) mass is 526 g/mol. The van der Waals surface area contributed by atoms with Gasteiger partial charge in [-0.25, -0.2) is 13.4 Å². The normalized spacial score (nSPS) is 27.3. The molecule has 0 saturated carbocycles. The third-order valence-corrected chi connectivity index (χ3v) is 8.01. The molecule has 3 aliphatic rings. The van der Waals surface area contributed by atoms with Gasteiger partial charge in [0.2, 0.25) is 0 Å². The summed E-state index contributed by atoms with van der Waals surface area (Å²) in [6.07, 6.45) is 4.10. The van der Waals surface area contributed by atoms with Crippen molar-refractivity contribution in [2.45, 2.75) is 38.3 Å². The van der Waals surface area contributed by atoms with Crippen molar-refractivity contribution >= 4 is 51.1 Å². The zero-order valence-corrected chi connectivity index (χ0v) is 19.3. The molecule has 10 heteroatoms. The van der Waals surface area contributed by atoms with Gasteiger partial charge in [-0.15, -0.1) is 35.3 Å². The molecule has 2 atom stereocenters. The van der Waals surface area contributed by atoms with Gasteiger partial charge in [-0.2, -0.15) is 0 Å². The van der Waals surface area contributed by atoms with E-state index in [1.165, 1.54) is 10.6 Å². The molecule has 27 heavy (non-hydrogen) atoms. The van der Waals surface area contributed by atoms with Crippen LogP contribution in [-0.2, 0) is 27.5 Å². The van der Waals surface area contributed by atoms with E-state index < -0.39 is 9.84 Å². The summed E-state index contributed by atoms with van der Waals surface area (Å²) in [5, 5.41) is 3.48. The first kappa shape index (κ1) is 21.3. The lowest BCUT2D eigenvalue weighted by atomic mass is 10.1. The highest BCUT2D eigenvalue weighted by Gasteiger charge is 2.28. The number of ether oxygens (including phenoxy) is 1. The maximum Gasteiger partial charge on any atom is 0.194 e. The molecule has 4 rings (SSSR count). The molecule has 2 unspecified atom stereocenters. The first-order chi connectivity index (χ1) is 12.6. The second kappa shape index (κ2) is 9.36.